The summed E-state index contributed by atoms with van der Waals surface area (Å²) in [4.78, 5) is 11.9. The summed E-state index contributed by atoms with van der Waals surface area (Å²) < 4.78 is 6.39. The lowest BCUT2D eigenvalue weighted by Crippen LogP contribution is -2.13. The molecule has 19 heavy (non-hydrogen) atoms. The topological polar surface area (TPSA) is 80.8 Å². The van der Waals surface area contributed by atoms with E-state index in [0.29, 0.717) is 22.6 Å². The fraction of sp³-hybridized carbons (Fsp3) is 0.231. The van der Waals surface area contributed by atoms with Crippen LogP contribution >= 0.6 is 0 Å². The first-order chi connectivity index (χ1) is 9.17. The van der Waals surface area contributed by atoms with Crippen molar-refractivity contribution < 1.29 is 9.53 Å². The zero-order valence-corrected chi connectivity index (χ0v) is 10.6. The monoisotopic (exact) mass is 256 g/mol. The van der Waals surface area contributed by atoms with E-state index < -0.39 is 5.97 Å². The second kappa shape index (κ2) is 5.31. The number of aryl methyl sites for hydroxylation is 1. The number of benzene rings is 1. The van der Waals surface area contributed by atoms with Crippen LogP contribution in [-0.4, -0.2) is 27.6 Å². The lowest BCUT2D eigenvalue weighted by Gasteiger charge is -2.06. The molecule has 0 saturated heterocycles. The van der Waals surface area contributed by atoms with Crippen LogP contribution in [0.15, 0.2) is 24.3 Å². The van der Waals surface area contributed by atoms with Crippen LogP contribution in [0.1, 0.15) is 28.7 Å². The predicted octanol–water partition coefficient (Wildman–Crippen LogP) is 1.62. The van der Waals surface area contributed by atoms with Crippen LogP contribution in [0.5, 0.6) is 0 Å². The van der Waals surface area contributed by atoms with Crippen molar-refractivity contribution in [3.63, 3.8) is 0 Å². The summed E-state index contributed by atoms with van der Waals surface area (Å²) in [6.07, 6.45) is 0. The molecule has 0 unspecified atom stereocenters. The number of aromatic nitrogens is 3. The van der Waals surface area contributed by atoms with Crippen LogP contribution < -0.4 is 0 Å². The SMILES string of the molecule is CCOC(=O)c1c(C)nnn1-c1ccc(C#N)cc1. The number of carbonyl (C=O) groups excluding carboxylic acids is 1. The Kier molecular flexibility index (Phi) is 3.57. The number of esters is 1. The van der Waals surface area contributed by atoms with Gasteiger partial charge in [0.1, 0.15) is 0 Å². The lowest BCUT2D eigenvalue weighted by atomic mass is 10.2. The molecule has 0 saturated carbocycles. The lowest BCUT2D eigenvalue weighted by molar-refractivity contribution is 0.0515. The van der Waals surface area contributed by atoms with Gasteiger partial charge in [0, 0.05) is 0 Å². The van der Waals surface area contributed by atoms with Crippen molar-refractivity contribution in [1.82, 2.24) is 15.0 Å². The Morgan fingerprint density at radius 1 is 1.42 bits per heavy atom. The molecule has 0 aliphatic rings. The van der Waals surface area contributed by atoms with Gasteiger partial charge in [-0.3, -0.25) is 0 Å². The van der Waals surface area contributed by atoms with Gasteiger partial charge in [0.2, 0.25) is 0 Å². The van der Waals surface area contributed by atoms with E-state index in [-0.39, 0.29) is 6.61 Å². The van der Waals surface area contributed by atoms with Crippen molar-refractivity contribution >= 4 is 5.97 Å². The Morgan fingerprint density at radius 2 is 2.11 bits per heavy atom. The molecule has 0 spiro atoms. The van der Waals surface area contributed by atoms with Gasteiger partial charge in [-0.1, -0.05) is 5.21 Å². The third kappa shape index (κ3) is 2.45. The van der Waals surface area contributed by atoms with Gasteiger partial charge in [0.25, 0.3) is 0 Å². The van der Waals surface area contributed by atoms with Crippen LogP contribution in [0, 0.1) is 18.3 Å². The van der Waals surface area contributed by atoms with Crippen molar-refractivity contribution in [2.75, 3.05) is 6.61 Å². The maximum Gasteiger partial charge on any atom is 0.359 e. The van der Waals surface area contributed by atoms with E-state index >= 15 is 0 Å². The molecule has 6 nitrogen and oxygen atoms in total. The Labute approximate surface area is 110 Å². The number of nitrogens with zero attached hydrogens (tertiary/aromatic N) is 4. The number of ether oxygens (including phenoxy) is 1. The molecule has 0 N–H and O–H groups in total. The van der Waals surface area contributed by atoms with Crippen LogP contribution in [0.2, 0.25) is 0 Å². The van der Waals surface area contributed by atoms with E-state index in [1.165, 1.54) is 4.68 Å². The van der Waals surface area contributed by atoms with Crippen LogP contribution in [0.3, 0.4) is 0 Å². The molecule has 2 rings (SSSR count). The fourth-order valence-corrected chi connectivity index (χ4v) is 1.65. The molecule has 0 bridgehead atoms. The number of rotatable bonds is 3. The maximum absolute atomic E-state index is 11.9. The third-order valence-electron chi connectivity index (χ3n) is 2.55. The highest BCUT2D eigenvalue weighted by Gasteiger charge is 2.19. The molecule has 1 aromatic heterocycles. The van der Waals surface area contributed by atoms with Crippen molar-refractivity contribution in [3.8, 4) is 11.8 Å². The van der Waals surface area contributed by atoms with Gasteiger partial charge in [0.05, 0.1) is 29.6 Å². The molecule has 0 radical (unpaired) electrons. The quantitative estimate of drug-likeness (QED) is 0.779. The molecule has 1 heterocycles. The molecular weight excluding hydrogens is 244 g/mol. The van der Waals surface area contributed by atoms with E-state index in [9.17, 15) is 4.79 Å². The maximum atomic E-state index is 11.9. The Hall–Kier alpha value is -2.68. The van der Waals surface area contributed by atoms with Crippen molar-refractivity contribution in [3.05, 3.63) is 41.2 Å². The molecule has 0 fully saturated rings. The van der Waals surface area contributed by atoms with Crippen LogP contribution in [-0.2, 0) is 4.74 Å². The van der Waals surface area contributed by atoms with Gasteiger partial charge in [-0.25, -0.2) is 9.48 Å². The summed E-state index contributed by atoms with van der Waals surface area (Å²) >= 11 is 0. The average molecular weight is 256 g/mol. The standard InChI is InChI=1S/C13H12N4O2/c1-3-19-13(18)12-9(2)15-16-17(12)11-6-4-10(8-14)5-7-11/h4-7H,3H2,1-2H3. The van der Waals surface area contributed by atoms with Gasteiger partial charge in [-0.15, -0.1) is 5.10 Å². The highest BCUT2D eigenvalue weighted by atomic mass is 16.5. The molecule has 0 aliphatic heterocycles. The Bertz CT molecular complexity index is 638. The number of carbonyl (C=O) groups is 1. The highest BCUT2D eigenvalue weighted by Crippen LogP contribution is 2.14. The van der Waals surface area contributed by atoms with Gasteiger partial charge in [-0.2, -0.15) is 5.26 Å². The summed E-state index contributed by atoms with van der Waals surface area (Å²) in [5.74, 6) is -0.464. The van der Waals surface area contributed by atoms with Crippen molar-refractivity contribution in [2.45, 2.75) is 13.8 Å². The smallest absolute Gasteiger partial charge is 0.359 e. The van der Waals surface area contributed by atoms with Gasteiger partial charge >= 0.3 is 5.97 Å². The normalized spacial score (nSPS) is 9.95. The molecular formula is C13H12N4O2. The van der Waals surface area contributed by atoms with Gasteiger partial charge in [0.15, 0.2) is 5.69 Å². The van der Waals surface area contributed by atoms with E-state index in [4.69, 9.17) is 10.00 Å². The predicted molar refractivity (Wildman–Crippen MR) is 66.8 cm³/mol. The molecule has 0 amide bonds. The number of hydrogen-bond acceptors (Lipinski definition) is 5. The van der Waals surface area contributed by atoms with E-state index in [1.54, 1.807) is 38.1 Å². The zero-order valence-electron chi connectivity index (χ0n) is 10.6. The third-order valence-corrected chi connectivity index (χ3v) is 2.55. The first kappa shape index (κ1) is 12.8. The second-order valence-electron chi connectivity index (χ2n) is 3.81. The summed E-state index contributed by atoms with van der Waals surface area (Å²) in [5, 5.41) is 16.6. The molecule has 1 aromatic carbocycles. The molecule has 2 aromatic rings. The summed E-state index contributed by atoms with van der Waals surface area (Å²) in [7, 11) is 0. The first-order valence-electron chi connectivity index (χ1n) is 5.77. The highest BCUT2D eigenvalue weighted by molar-refractivity contribution is 5.89. The van der Waals surface area contributed by atoms with Crippen LogP contribution in [0.25, 0.3) is 5.69 Å². The largest absolute Gasteiger partial charge is 0.461 e. The summed E-state index contributed by atoms with van der Waals surface area (Å²) in [6, 6.07) is 8.75. The van der Waals surface area contributed by atoms with E-state index in [0.717, 1.165) is 0 Å². The molecule has 0 atom stereocenters. The zero-order chi connectivity index (χ0) is 13.8. The minimum atomic E-state index is -0.464. The summed E-state index contributed by atoms with van der Waals surface area (Å²) in [6.45, 7) is 3.72. The van der Waals surface area contributed by atoms with E-state index in [2.05, 4.69) is 10.3 Å². The average Bonchev–Trinajstić information content (AvgIpc) is 2.81. The molecule has 6 heteroatoms. The summed E-state index contributed by atoms with van der Waals surface area (Å²) in [5.41, 5.74) is 2.00. The van der Waals surface area contributed by atoms with Gasteiger partial charge < -0.3 is 4.74 Å². The van der Waals surface area contributed by atoms with Crippen LogP contribution in [0.4, 0.5) is 0 Å². The Morgan fingerprint density at radius 3 is 2.68 bits per heavy atom. The minimum absolute atomic E-state index is 0.289. The number of nitriles is 1. The first-order valence-corrected chi connectivity index (χ1v) is 5.77. The number of hydrogen-bond donors (Lipinski definition) is 0. The van der Waals surface area contributed by atoms with Crippen molar-refractivity contribution in [2.24, 2.45) is 0 Å². The van der Waals surface area contributed by atoms with Crippen molar-refractivity contribution in [1.29, 1.82) is 5.26 Å². The Balaban J connectivity index is 2.45. The minimum Gasteiger partial charge on any atom is -0.461 e. The molecule has 0 aliphatic carbocycles. The fourth-order valence-electron chi connectivity index (χ4n) is 1.65. The van der Waals surface area contributed by atoms with E-state index in [1.807, 2.05) is 6.07 Å². The second-order valence-corrected chi connectivity index (χ2v) is 3.81. The van der Waals surface area contributed by atoms with Gasteiger partial charge in [-0.05, 0) is 38.1 Å². The molecule has 96 valence electrons.